The molecule has 6 nitrogen and oxygen atoms in total. The number of pyridine rings is 1. The molecule has 2 N–H and O–H groups in total. The molecule has 16 heavy (non-hydrogen) atoms. The monoisotopic (exact) mass is 223 g/mol. The fraction of sp³-hybridized carbons (Fsp3) is 0.300. The maximum absolute atomic E-state index is 10.4. The summed E-state index contributed by atoms with van der Waals surface area (Å²) in [5, 5.41) is 5.01. The van der Waals surface area contributed by atoms with Crippen LogP contribution in [0.25, 0.3) is 0 Å². The Kier molecular flexibility index (Phi) is 4.41. The first-order chi connectivity index (χ1) is 7.74. The van der Waals surface area contributed by atoms with Crippen LogP contribution in [-0.2, 0) is 20.9 Å². The Morgan fingerprint density at radius 3 is 2.62 bits per heavy atom. The smallest absolute Gasteiger partial charge is 0.212 e. The third kappa shape index (κ3) is 2.54. The topological polar surface area (TPSA) is 80.3 Å². The summed E-state index contributed by atoms with van der Waals surface area (Å²) in [6, 6.07) is 0. The van der Waals surface area contributed by atoms with Gasteiger partial charge in [-0.2, -0.15) is 0 Å². The number of rotatable bonds is 6. The van der Waals surface area contributed by atoms with E-state index in [1.165, 1.54) is 6.20 Å². The first-order valence-corrected chi connectivity index (χ1v) is 4.62. The SMILES string of the molecule is COCc1c(NC=O)cnc(NC=O)c1C. The Morgan fingerprint density at radius 1 is 1.38 bits per heavy atom. The van der Waals surface area contributed by atoms with Gasteiger partial charge in [0.1, 0.15) is 5.82 Å². The van der Waals surface area contributed by atoms with Crippen molar-refractivity contribution in [1.29, 1.82) is 0 Å². The van der Waals surface area contributed by atoms with Crippen molar-refractivity contribution in [3.8, 4) is 0 Å². The fourth-order valence-corrected chi connectivity index (χ4v) is 1.37. The average molecular weight is 223 g/mol. The second-order valence-electron chi connectivity index (χ2n) is 3.08. The minimum absolute atomic E-state index is 0.331. The summed E-state index contributed by atoms with van der Waals surface area (Å²) < 4.78 is 5.03. The van der Waals surface area contributed by atoms with Crippen LogP contribution in [0.5, 0.6) is 0 Å². The van der Waals surface area contributed by atoms with E-state index in [0.29, 0.717) is 30.9 Å². The van der Waals surface area contributed by atoms with E-state index in [9.17, 15) is 9.59 Å². The molecule has 6 heteroatoms. The van der Waals surface area contributed by atoms with Crippen molar-refractivity contribution in [2.75, 3.05) is 17.7 Å². The zero-order valence-corrected chi connectivity index (χ0v) is 9.11. The number of carbonyl (C=O) groups excluding carboxylic acids is 2. The Balaban J connectivity index is 3.17. The van der Waals surface area contributed by atoms with Crippen LogP contribution in [-0.4, -0.2) is 24.9 Å². The van der Waals surface area contributed by atoms with Crippen LogP contribution in [0.3, 0.4) is 0 Å². The lowest BCUT2D eigenvalue weighted by atomic mass is 10.1. The summed E-state index contributed by atoms with van der Waals surface area (Å²) in [5.41, 5.74) is 2.13. The zero-order chi connectivity index (χ0) is 12.0. The second kappa shape index (κ2) is 5.82. The molecule has 0 aliphatic heterocycles. The number of aromatic nitrogens is 1. The highest BCUT2D eigenvalue weighted by atomic mass is 16.5. The van der Waals surface area contributed by atoms with Crippen LogP contribution in [0.2, 0.25) is 0 Å². The number of carbonyl (C=O) groups is 2. The molecule has 86 valence electrons. The van der Waals surface area contributed by atoms with Crippen LogP contribution in [0.4, 0.5) is 11.5 Å². The predicted octanol–water partition coefficient (Wildman–Crippen LogP) is 0.673. The summed E-state index contributed by atoms with van der Waals surface area (Å²) in [5.74, 6) is 0.457. The molecule has 2 amide bonds. The van der Waals surface area contributed by atoms with Crippen LogP contribution in [0, 0.1) is 6.92 Å². The summed E-state index contributed by atoms with van der Waals surface area (Å²) in [6.45, 7) is 2.13. The van der Waals surface area contributed by atoms with E-state index >= 15 is 0 Å². The molecule has 1 rings (SSSR count). The van der Waals surface area contributed by atoms with Crippen LogP contribution in [0.1, 0.15) is 11.1 Å². The minimum atomic E-state index is 0.331. The molecular weight excluding hydrogens is 210 g/mol. The minimum Gasteiger partial charge on any atom is -0.380 e. The van der Waals surface area contributed by atoms with Crippen molar-refractivity contribution < 1.29 is 14.3 Å². The third-order valence-electron chi connectivity index (χ3n) is 2.15. The summed E-state index contributed by atoms with van der Waals surface area (Å²) in [6.07, 6.45) is 2.60. The molecule has 0 spiro atoms. The Labute approximate surface area is 93.0 Å². The van der Waals surface area contributed by atoms with Crippen LogP contribution >= 0.6 is 0 Å². The van der Waals surface area contributed by atoms with Gasteiger partial charge in [0.05, 0.1) is 18.5 Å². The zero-order valence-electron chi connectivity index (χ0n) is 9.11. The van der Waals surface area contributed by atoms with Gasteiger partial charge < -0.3 is 15.4 Å². The normalized spacial score (nSPS) is 9.62. The van der Waals surface area contributed by atoms with E-state index in [4.69, 9.17) is 4.74 Å². The molecular formula is C10H13N3O3. The molecule has 0 fully saturated rings. The third-order valence-corrected chi connectivity index (χ3v) is 2.15. The van der Waals surface area contributed by atoms with Crippen LogP contribution < -0.4 is 10.6 Å². The van der Waals surface area contributed by atoms with Gasteiger partial charge in [-0.15, -0.1) is 0 Å². The van der Waals surface area contributed by atoms with Gasteiger partial charge in [-0.3, -0.25) is 9.59 Å². The standard InChI is InChI=1S/C10H13N3O3/c1-7-8(4-16-2)9(12-5-14)3-11-10(7)13-6-15/h3,5-6H,4H2,1-2H3,(H,12,14)(H,11,13,15). The van der Waals surface area contributed by atoms with Crippen LogP contribution in [0.15, 0.2) is 6.20 Å². The Morgan fingerprint density at radius 2 is 2.06 bits per heavy atom. The maximum Gasteiger partial charge on any atom is 0.212 e. The number of anilines is 2. The van der Waals surface area contributed by atoms with Crippen molar-refractivity contribution in [3.63, 3.8) is 0 Å². The molecule has 0 saturated carbocycles. The van der Waals surface area contributed by atoms with Gasteiger partial charge in [0, 0.05) is 12.7 Å². The van der Waals surface area contributed by atoms with E-state index in [1.54, 1.807) is 14.0 Å². The van der Waals surface area contributed by atoms with Gasteiger partial charge in [-0.05, 0) is 12.5 Å². The molecule has 0 aliphatic rings. The van der Waals surface area contributed by atoms with Gasteiger partial charge in [-0.1, -0.05) is 0 Å². The molecule has 1 heterocycles. The highest BCUT2D eigenvalue weighted by Gasteiger charge is 2.10. The molecule has 0 aliphatic carbocycles. The molecule has 1 aromatic heterocycles. The quantitative estimate of drug-likeness (QED) is 0.695. The number of ether oxygens (including phenoxy) is 1. The predicted molar refractivity (Wildman–Crippen MR) is 59.1 cm³/mol. The summed E-state index contributed by atoms with van der Waals surface area (Å²) >= 11 is 0. The number of amides is 2. The average Bonchev–Trinajstić information content (AvgIpc) is 2.28. The highest BCUT2D eigenvalue weighted by Crippen LogP contribution is 2.24. The summed E-state index contributed by atoms with van der Waals surface area (Å²) in [7, 11) is 1.55. The lowest BCUT2D eigenvalue weighted by Gasteiger charge is -2.13. The first kappa shape index (κ1) is 12.1. The molecule has 0 aromatic carbocycles. The van der Waals surface area contributed by atoms with Crippen molar-refractivity contribution in [2.45, 2.75) is 13.5 Å². The molecule has 0 atom stereocenters. The first-order valence-electron chi connectivity index (χ1n) is 4.62. The molecule has 0 unspecified atom stereocenters. The highest BCUT2D eigenvalue weighted by molar-refractivity contribution is 5.77. The van der Waals surface area contributed by atoms with E-state index in [0.717, 1.165) is 11.1 Å². The summed E-state index contributed by atoms with van der Waals surface area (Å²) in [4.78, 5) is 24.8. The molecule has 0 bridgehead atoms. The van der Waals surface area contributed by atoms with E-state index in [1.807, 2.05) is 0 Å². The lowest BCUT2D eigenvalue weighted by Crippen LogP contribution is -2.07. The molecule has 0 saturated heterocycles. The Hall–Kier alpha value is -1.95. The number of hydrogen-bond donors (Lipinski definition) is 2. The van der Waals surface area contributed by atoms with Gasteiger partial charge in [0.15, 0.2) is 0 Å². The number of nitrogens with zero attached hydrogens (tertiary/aromatic N) is 1. The van der Waals surface area contributed by atoms with Crippen molar-refractivity contribution >= 4 is 24.3 Å². The van der Waals surface area contributed by atoms with Crippen molar-refractivity contribution in [3.05, 3.63) is 17.3 Å². The fourth-order valence-electron chi connectivity index (χ4n) is 1.37. The van der Waals surface area contributed by atoms with E-state index < -0.39 is 0 Å². The molecule has 0 radical (unpaired) electrons. The van der Waals surface area contributed by atoms with E-state index in [-0.39, 0.29) is 0 Å². The molecule has 1 aromatic rings. The van der Waals surface area contributed by atoms with Gasteiger partial charge in [0.2, 0.25) is 12.8 Å². The van der Waals surface area contributed by atoms with Gasteiger partial charge in [-0.25, -0.2) is 4.98 Å². The van der Waals surface area contributed by atoms with Crippen molar-refractivity contribution in [1.82, 2.24) is 4.98 Å². The largest absolute Gasteiger partial charge is 0.380 e. The lowest BCUT2D eigenvalue weighted by molar-refractivity contribution is -0.106. The number of methoxy groups -OCH3 is 1. The van der Waals surface area contributed by atoms with Gasteiger partial charge in [0.25, 0.3) is 0 Å². The van der Waals surface area contributed by atoms with Gasteiger partial charge >= 0.3 is 0 Å². The second-order valence-corrected chi connectivity index (χ2v) is 3.08. The number of hydrogen-bond acceptors (Lipinski definition) is 4. The number of nitrogens with one attached hydrogen (secondary N) is 2. The van der Waals surface area contributed by atoms with E-state index in [2.05, 4.69) is 15.6 Å². The van der Waals surface area contributed by atoms with Crippen molar-refractivity contribution in [2.24, 2.45) is 0 Å². The maximum atomic E-state index is 10.4. The Bertz CT molecular complexity index is 393.